The third-order valence-electron chi connectivity index (χ3n) is 1.46. The SMILES string of the molecule is CCc1nn[nH]n1.Oc1ccccc1. The largest absolute Gasteiger partial charge is 0.508 e. The Morgan fingerprint density at radius 1 is 1.29 bits per heavy atom. The van der Waals surface area contributed by atoms with Gasteiger partial charge in [-0.3, -0.25) is 0 Å². The summed E-state index contributed by atoms with van der Waals surface area (Å²) < 4.78 is 0. The van der Waals surface area contributed by atoms with E-state index < -0.39 is 0 Å². The third kappa shape index (κ3) is 3.66. The summed E-state index contributed by atoms with van der Waals surface area (Å²) in [6.07, 6.45) is 0.844. The van der Waals surface area contributed by atoms with E-state index in [1.165, 1.54) is 0 Å². The highest BCUT2D eigenvalue weighted by Crippen LogP contribution is 2.02. The number of rotatable bonds is 1. The second-order valence-electron chi connectivity index (χ2n) is 2.52. The van der Waals surface area contributed by atoms with Gasteiger partial charge in [0.25, 0.3) is 0 Å². The summed E-state index contributed by atoms with van der Waals surface area (Å²) in [5.74, 6) is 1.09. The predicted molar refractivity (Wildman–Crippen MR) is 51.7 cm³/mol. The van der Waals surface area contributed by atoms with Gasteiger partial charge in [-0.25, -0.2) is 0 Å². The van der Waals surface area contributed by atoms with Crippen molar-refractivity contribution in [2.24, 2.45) is 0 Å². The van der Waals surface area contributed by atoms with Crippen molar-refractivity contribution in [3.8, 4) is 5.75 Å². The van der Waals surface area contributed by atoms with E-state index >= 15 is 0 Å². The number of hydrogen-bond donors (Lipinski definition) is 2. The van der Waals surface area contributed by atoms with Crippen LogP contribution in [0.3, 0.4) is 0 Å². The second kappa shape index (κ2) is 5.69. The lowest BCUT2D eigenvalue weighted by Gasteiger charge is -1.82. The number of para-hydroxylation sites is 1. The topological polar surface area (TPSA) is 74.7 Å². The molecule has 5 nitrogen and oxygen atoms in total. The normalized spacial score (nSPS) is 8.93. The number of phenols is 1. The van der Waals surface area contributed by atoms with Crippen molar-refractivity contribution in [2.45, 2.75) is 13.3 Å². The standard InChI is InChI=1S/C6H6O.C3H6N4/c7-6-4-2-1-3-5-6;1-2-3-4-6-7-5-3/h1-5,7H;2H2,1H3,(H,4,5,6,7). The molecule has 74 valence electrons. The molecule has 0 bridgehead atoms. The summed E-state index contributed by atoms with van der Waals surface area (Å²) in [6.45, 7) is 1.98. The van der Waals surface area contributed by atoms with Crippen molar-refractivity contribution < 1.29 is 5.11 Å². The maximum Gasteiger partial charge on any atom is 0.174 e. The van der Waals surface area contributed by atoms with Crippen molar-refractivity contribution in [3.05, 3.63) is 36.2 Å². The van der Waals surface area contributed by atoms with Crippen LogP contribution in [0.4, 0.5) is 0 Å². The number of tetrazole rings is 1. The Balaban J connectivity index is 0.000000140. The maximum atomic E-state index is 8.63. The van der Waals surface area contributed by atoms with Crippen molar-refractivity contribution in [1.82, 2.24) is 20.6 Å². The molecule has 1 aromatic heterocycles. The van der Waals surface area contributed by atoms with Gasteiger partial charge >= 0.3 is 0 Å². The van der Waals surface area contributed by atoms with Crippen LogP contribution >= 0.6 is 0 Å². The van der Waals surface area contributed by atoms with E-state index in [4.69, 9.17) is 5.11 Å². The number of aromatic nitrogens is 4. The van der Waals surface area contributed by atoms with E-state index in [0.29, 0.717) is 5.75 Å². The van der Waals surface area contributed by atoms with Gasteiger partial charge in [0.2, 0.25) is 0 Å². The van der Waals surface area contributed by atoms with E-state index in [0.717, 1.165) is 12.2 Å². The quantitative estimate of drug-likeness (QED) is 0.710. The Morgan fingerprint density at radius 2 is 2.00 bits per heavy atom. The van der Waals surface area contributed by atoms with Gasteiger partial charge in [-0.15, -0.1) is 10.2 Å². The summed E-state index contributed by atoms with van der Waals surface area (Å²) in [5, 5.41) is 21.7. The highest BCUT2D eigenvalue weighted by molar-refractivity contribution is 5.18. The number of aryl methyl sites for hydroxylation is 1. The fourth-order valence-electron chi connectivity index (χ4n) is 0.760. The molecule has 0 atom stereocenters. The highest BCUT2D eigenvalue weighted by Gasteiger charge is 1.87. The zero-order chi connectivity index (χ0) is 10.2. The molecule has 0 aliphatic heterocycles. The van der Waals surface area contributed by atoms with Gasteiger partial charge < -0.3 is 5.11 Å². The zero-order valence-corrected chi connectivity index (χ0v) is 7.88. The highest BCUT2D eigenvalue weighted by atomic mass is 16.3. The first-order chi connectivity index (χ1) is 6.83. The average molecular weight is 192 g/mol. The average Bonchev–Trinajstić information content (AvgIpc) is 2.72. The first-order valence-electron chi connectivity index (χ1n) is 4.29. The molecule has 0 unspecified atom stereocenters. The van der Waals surface area contributed by atoms with Crippen LogP contribution < -0.4 is 0 Å². The predicted octanol–water partition coefficient (Wildman–Crippen LogP) is 1.15. The molecule has 0 saturated heterocycles. The van der Waals surface area contributed by atoms with E-state index in [1.54, 1.807) is 24.3 Å². The lowest BCUT2D eigenvalue weighted by atomic mass is 10.3. The molecule has 0 amide bonds. The molecule has 2 rings (SSSR count). The van der Waals surface area contributed by atoms with Crippen LogP contribution in [0.15, 0.2) is 30.3 Å². The van der Waals surface area contributed by atoms with E-state index in [-0.39, 0.29) is 0 Å². The van der Waals surface area contributed by atoms with Gasteiger partial charge in [-0.1, -0.05) is 30.3 Å². The molecular formula is C9H12N4O. The van der Waals surface area contributed by atoms with Gasteiger partial charge in [0.15, 0.2) is 5.82 Å². The van der Waals surface area contributed by atoms with Crippen LogP contribution in [0.5, 0.6) is 5.75 Å². The molecule has 0 aliphatic carbocycles. The van der Waals surface area contributed by atoms with Crippen LogP contribution in [0.1, 0.15) is 12.7 Å². The maximum absolute atomic E-state index is 8.63. The van der Waals surface area contributed by atoms with Crippen molar-refractivity contribution >= 4 is 0 Å². The summed E-state index contributed by atoms with van der Waals surface area (Å²) >= 11 is 0. The van der Waals surface area contributed by atoms with Gasteiger partial charge in [-0.2, -0.15) is 5.21 Å². The molecular weight excluding hydrogens is 180 g/mol. The monoisotopic (exact) mass is 192 g/mol. The molecule has 14 heavy (non-hydrogen) atoms. The molecule has 5 heteroatoms. The minimum Gasteiger partial charge on any atom is -0.508 e. The molecule has 1 aromatic carbocycles. The Labute approximate surface area is 81.8 Å². The Morgan fingerprint density at radius 3 is 2.29 bits per heavy atom. The minimum absolute atomic E-state index is 0.322. The molecule has 0 fully saturated rings. The molecule has 0 radical (unpaired) electrons. The molecule has 2 aromatic rings. The summed E-state index contributed by atoms with van der Waals surface area (Å²) in [4.78, 5) is 0. The summed E-state index contributed by atoms with van der Waals surface area (Å²) in [7, 11) is 0. The summed E-state index contributed by atoms with van der Waals surface area (Å²) in [6, 6.07) is 8.71. The van der Waals surface area contributed by atoms with E-state index in [1.807, 2.05) is 13.0 Å². The van der Waals surface area contributed by atoms with Gasteiger partial charge in [-0.05, 0) is 12.1 Å². The number of hydrogen-bond acceptors (Lipinski definition) is 4. The minimum atomic E-state index is 0.322. The summed E-state index contributed by atoms with van der Waals surface area (Å²) in [5.41, 5.74) is 0. The van der Waals surface area contributed by atoms with Crippen LogP contribution in [0, 0.1) is 0 Å². The lowest BCUT2D eigenvalue weighted by Crippen LogP contribution is -1.80. The second-order valence-corrected chi connectivity index (χ2v) is 2.52. The number of phenolic OH excluding ortho intramolecular Hbond substituents is 1. The fraction of sp³-hybridized carbons (Fsp3) is 0.222. The van der Waals surface area contributed by atoms with E-state index in [9.17, 15) is 0 Å². The number of aromatic hydroxyl groups is 1. The Bertz CT molecular complexity index is 333. The molecule has 2 N–H and O–H groups in total. The van der Waals surface area contributed by atoms with Gasteiger partial charge in [0.1, 0.15) is 5.75 Å². The number of benzene rings is 1. The molecule has 0 aliphatic rings. The van der Waals surface area contributed by atoms with Gasteiger partial charge in [0.05, 0.1) is 0 Å². The van der Waals surface area contributed by atoms with Crippen molar-refractivity contribution in [2.75, 3.05) is 0 Å². The third-order valence-corrected chi connectivity index (χ3v) is 1.46. The first kappa shape index (κ1) is 10.2. The number of nitrogens with one attached hydrogen (secondary N) is 1. The van der Waals surface area contributed by atoms with Crippen molar-refractivity contribution in [3.63, 3.8) is 0 Å². The number of H-pyrrole nitrogens is 1. The molecule has 0 saturated carbocycles. The number of aromatic amines is 1. The van der Waals surface area contributed by atoms with Crippen LogP contribution in [-0.4, -0.2) is 25.7 Å². The van der Waals surface area contributed by atoms with Crippen LogP contribution in [0.2, 0.25) is 0 Å². The Kier molecular flexibility index (Phi) is 4.13. The zero-order valence-electron chi connectivity index (χ0n) is 7.88. The van der Waals surface area contributed by atoms with Crippen LogP contribution in [-0.2, 0) is 6.42 Å². The number of nitrogens with zero attached hydrogens (tertiary/aromatic N) is 3. The van der Waals surface area contributed by atoms with Crippen molar-refractivity contribution in [1.29, 1.82) is 0 Å². The lowest BCUT2D eigenvalue weighted by molar-refractivity contribution is 0.475. The van der Waals surface area contributed by atoms with E-state index in [2.05, 4.69) is 20.6 Å². The van der Waals surface area contributed by atoms with Crippen LogP contribution in [0.25, 0.3) is 0 Å². The fourth-order valence-corrected chi connectivity index (χ4v) is 0.760. The first-order valence-corrected chi connectivity index (χ1v) is 4.29. The molecule has 0 spiro atoms. The molecule has 1 heterocycles. The Hall–Kier alpha value is -1.91. The smallest absolute Gasteiger partial charge is 0.174 e. The van der Waals surface area contributed by atoms with Gasteiger partial charge in [0, 0.05) is 6.42 Å².